The molecule has 1 aromatic rings. The van der Waals surface area contributed by atoms with Crippen molar-refractivity contribution in [2.24, 2.45) is 5.41 Å². The lowest BCUT2D eigenvalue weighted by molar-refractivity contribution is -0.0858. The minimum Gasteiger partial charge on any atom is -0.465 e. The molecular formula is C18H22N2O5. The zero-order valence-electron chi connectivity index (χ0n) is 14.6. The zero-order chi connectivity index (χ0) is 18.4. The Labute approximate surface area is 146 Å². The van der Waals surface area contributed by atoms with Crippen LogP contribution in [0.2, 0.25) is 0 Å². The molecule has 1 N–H and O–H groups in total. The Morgan fingerprint density at radius 1 is 1.20 bits per heavy atom. The molecular weight excluding hydrogens is 324 g/mol. The highest BCUT2D eigenvalue weighted by Gasteiger charge is 2.42. The summed E-state index contributed by atoms with van der Waals surface area (Å²) in [5.74, 6) is -0.715. The molecule has 1 fully saturated rings. The Kier molecular flexibility index (Phi) is 4.28. The summed E-state index contributed by atoms with van der Waals surface area (Å²) in [5.41, 5.74) is 0.496. The maximum absolute atomic E-state index is 12.4. The van der Waals surface area contributed by atoms with E-state index in [1.165, 1.54) is 4.90 Å². The predicted octanol–water partition coefficient (Wildman–Crippen LogP) is 2.08. The summed E-state index contributed by atoms with van der Waals surface area (Å²) < 4.78 is 5.80. The molecule has 1 saturated heterocycles. The van der Waals surface area contributed by atoms with Gasteiger partial charge in [0.25, 0.3) is 11.8 Å². The second-order valence-corrected chi connectivity index (χ2v) is 7.54. The van der Waals surface area contributed by atoms with Crippen LogP contribution in [-0.4, -0.2) is 64.7 Å². The van der Waals surface area contributed by atoms with E-state index in [-0.39, 0.29) is 43.0 Å². The molecule has 0 radical (unpaired) electrons. The van der Waals surface area contributed by atoms with Gasteiger partial charge in [-0.25, -0.2) is 4.79 Å². The van der Waals surface area contributed by atoms with Gasteiger partial charge in [-0.1, -0.05) is 32.9 Å². The number of carbonyl (C=O) groups is 3. The number of rotatable bonds is 2. The Morgan fingerprint density at radius 3 is 2.24 bits per heavy atom. The van der Waals surface area contributed by atoms with E-state index >= 15 is 0 Å². The van der Waals surface area contributed by atoms with Gasteiger partial charge in [-0.2, -0.15) is 0 Å². The van der Waals surface area contributed by atoms with Gasteiger partial charge in [0.15, 0.2) is 0 Å². The lowest BCUT2D eigenvalue weighted by Gasteiger charge is -2.44. The summed E-state index contributed by atoms with van der Waals surface area (Å²) in [4.78, 5) is 39.0. The number of amides is 3. The lowest BCUT2D eigenvalue weighted by Crippen LogP contribution is -2.58. The summed E-state index contributed by atoms with van der Waals surface area (Å²) >= 11 is 0. The SMILES string of the molecule is CC(C)(C)C1COC(CN2C(=O)c3ccccc3C2=O)CN1C(=O)O. The fourth-order valence-electron chi connectivity index (χ4n) is 3.36. The minimum atomic E-state index is -1.02. The van der Waals surface area contributed by atoms with Crippen molar-refractivity contribution in [2.45, 2.75) is 32.9 Å². The van der Waals surface area contributed by atoms with Crippen molar-refractivity contribution < 1.29 is 24.2 Å². The molecule has 1 aromatic carbocycles. The maximum Gasteiger partial charge on any atom is 0.407 e. The molecule has 3 amide bonds. The fraction of sp³-hybridized carbons (Fsp3) is 0.500. The van der Waals surface area contributed by atoms with Crippen molar-refractivity contribution in [2.75, 3.05) is 19.7 Å². The number of morpholine rings is 1. The van der Waals surface area contributed by atoms with Gasteiger partial charge in [0.05, 0.1) is 43.0 Å². The Morgan fingerprint density at radius 2 is 1.76 bits per heavy atom. The quantitative estimate of drug-likeness (QED) is 0.829. The number of nitrogens with zero attached hydrogens (tertiary/aromatic N) is 2. The van der Waals surface area contributed by atoms with Gasteiger partial charge in [-0.05, 0) is 17.5 Å². The molecule has 25 heavy (non-hydrogen) atoms. The predicted molar refractivity (Wildman–Crippen MR) is 89.5 cm³/mol. The van der Waals surface area contributed by atoms with Crippen molar-refractivity contribution in [3.05, 3.63) is 35.4 Å². The van der Waals surface area contributed by atoms with Crippen LogP contribution in [0.25, 0.3) is 0 Å². The lowest BCUT2D eigenvalue weighted by atomic mass is 9.85. The largest absolute Gasteiger partial charge is 0.465 e. The number of benzene rings is 1. The molecule has 0 aromatic heterocycles. The molecule has 7 heteroatoms. The van der Waals surface area contributed by atoms with Gasteiger partial charge in [-0.3, -0.25) is 19.4 Å². The number of carbonyl (C=O) groups excluding carboxylic acids is 2. The third-order valence-electron chi connectivity index (χ3n) is 4.78. The van der Waals surface area contributed by atoms with Crippen molar-refractivity contribution in [1.82, 2.24) is 9.80 Å². The van der Waals surface area contributed by atoms with Crippen molar-refractivity contribution >= 4 is 17.9 Å². The van der Waals surface area contributed by atoms with E-state index in [2.05, 4.69) is 0 Å². The Bertz CT molecular complexity index is 689. The molecule has 2 heterocycles. The summed E-state index contributed by atoms with van der Waals surface area (Å²) in [5, 5.41) is 9.52. The highest BCUT2D eigenvalue weighted by molar-refractivity contribution is 6.21. The van der Waals surface area contributed by atoms with E-state index in [9.17, 15) is 19.5 Å². The van der Waals surface area contributed by atoms with Crippen LogP contribution in [0.1, 0.15) is 41.5 Å². The summed E-state index contributed by atoms with van der Waals surface area (Å²) in [7, 11) is 0. The Hall–Kier alpha value is -2.41. The number of carboxylic acid groups (broad SMARTS) is 1. The average molecular weight is 346 g/mol. The number of imide groups is 1. The van der Waals surface area contributed by atoms with Crippen molar-refractivity contribution in [3.8, 4) is 0 Å². The van der Waals surface area contributed by atoms with Crippen LogP contribution in [0, 0.1) is 5.41 Å². The molecule has 2 unspecified atom stereocenters. The fourth-order valence-corrected chi connectivity index (χ4v) is 3.36. The third-order valence-corrected chi connectivity index (χ3v) is 4.78. The smallest absolute Gasteiger partial charge is 0.407 e. The second-order valence-electron chi connectivity index (χ2n) is 7.54. The van der Waals surface area contributed by atoms with E-state index in [4.69, 9.17) is 4.74 Å². The molecule has 0 aliphatic carbocycles. The van der Waals surface area contributed by atoms with E-state index < -0.39 is 12.2 Å². The van der Waals surface area contributed by atoms with Crippen LogP contribution in [0.3, 0.4) is 0 Å². The van der Waals surface area contributed by atoms with E-state index in [1.54, 1.807) is 24.3 Å². The van der Waals surface area contributed by atoms with Crippen molar-refractivity contribution in [1.29, 1.82) is 0 Å². The molecule has 0 spiro atoms. The maximum atomic E-state index is 12.4. The minimum absolute atomic E-state index is 0.0486. The summed E-state index contributed by atoms with van der Waals surface area (Å²) in [6, 6.07) is 6.39. The van der Waals surface area contributed by atoms with E-state index in [1.807, 2.05) is 20.8 Å². The van der Waals surface area contributed by atoms with Crippen LogP contribution in [0.4, 0.5) is 4.79 Å². The third kappa shape index (κ3) is 3.11. The molecule has 0 saturated carbocycles. The molecule has 0 bridgehead atoms. The van der Waals surface area contributed by atoms with Crippen LogP contribution in [-0.2, 0) is 4.74 Å². The van der Waals surface area contributed by atoms with Crippen LogP contribution >= 0.6 is 0 Å². The van der Waals surface area contributed by atoms with Crippen LogP contribution in [0.15, 0.2) is 24.3 Å². The van der Waals surface area contributed by atoms with Gasteiger partial charge in [-0.15, -0.1) is 0 Å². The van der Waals surface area contributed by atoms with Gasteiger partial charge in [0.2, 0.25) is 0 Å². The van der Waals surface area contributed by atoms with Crippen molar-refractivity contribution in [3.63, 3.8) is 0 Å². The number of hydrogen-bond donors (Lipinski definition) is 1. The normalized spacial score (nSPS) is 23.8. The number of ether oxygens (including phenoxy) is 1. The number of fused-ring (bicyclic) bond motifs is 1. The first kappa shape index (κ1) is 17.4. The standard InChI is InChI=1S/C18H22N2O5/c1-18(2,3)14-10-25-11(8-19(14)17(23)24)9-20-15(21)12-6-4-5-7-13(12)16(20)22/h4-7,11,14H,8-10H2,1-3H3,(H,23,24). The molecule has 2 aliphatic rings. The topological polar surface area (TPSA) is 87.2 Å². The zero-order valence-corrected chi connectivity index (χ0v) is 14.6. The van der Waals surface area contributed by atoms with Gasteiger partial charge in [0.1, 0.15) is 0 Å². The molecule has 134 valence electrons. The summed E-state index contributed by atoms with van der Waals surface area (Å²) in [6.45, 7) is 6.30. The summed E-state index contributed by atoms with van der Waals surface area (Å²) in [6.07, 6.45) is -1.55. The first-order valence-electron chi connectivity index (χ1n) is 8.26. The molecule has 2 atom stereocenters. The monoisotopic (exact) mass is 346 g/mol. The average Bonchev–Trinajstić information content (AvgIpc) is 2.79. The first-order valence-corrected chi connectivity index (χ1v) is 8.26. The number of hydrogen-bond acceptors (Lipinski definition) is 4. The van der Waals surface area contributed by atoms with E-state index in [0.29, 0.717) is 11.1 Å². The highest BCUT2D eigenvalue weighted by atomic mass is 16.5. The van der Waals surface area contributed by atoms with Gasteiger partial charge < -0.3 is 9.84 Å². The van der Waals surface area contributed by atoms with E-state index in [0.717, 1.165) is 4.90 Å². The first-order chi connectivity index (χ1) is 11.7. The van der Waals surface area contributed by atoms with Gasteiger partial charge >= 0.3 is 6.09 Å². The highest BCUT2D eigenvalue weighted by Crippen LogP contribution is 2.29. The molecule has 2 aliphatic heterocycles. The van der Waals surface area contributed by atoms with Crippen LogP contribution in [0.5, 0.6) is 0 Å². The van der Waals surface area contributed by atoms with Crippen LogP contribution < -0.4 is 0 Å². The molecule has 3 rings (SSSR count). The molecule has 7 nitrogen and oxygen atoms in total. The second kappa shape index (κ2) is 6.15. The van der Waals surface area contributed by atoms with Gasteiger partial charge in [0, 0.05) is 0 Å². The Balaban J connectivity index is 1.74.